The van der Waals surface area contributed by atoms with Crippen LogP contribution in [-0.2, 0) is 14.3 Å². The fraction of sp³-hybridized carbons (Fsp3) is 0.273. The molecular formula is C22H19Cl2NO3S. The van der Waals surface area contributed by atoms with Gasteiger partial charge in [0.05, 0.1) is 28.6 Å². The van der Waals surface area contributed by atoms with E-state index in [9.17, 15) is 9.59 Å². The summed E-state index contributed by atoms with van der Waals surface area (Å²) in [6, 6.07) is 9.27. The van der Waals surface area contributed by atoms with Crippen LogP contribution in [0.15, 0.2) is 58.8 Å². The van der Waals surface area contributed by atoms with Crippen molar-refractivity contribution in [2.45, 2.75) is 25.2 Å². The first-order valence-corrected chi connectivity index (χ1v) is 10.8. The largest absolute Gasteiger partial charge is 0.466 e. The Morgan fingerprint density at radius 1 is 1.21 bits per heavy atom. The maximum Gasteiger partial charge on any atom is 0.336 e. The van der Waals surface area contributed by atoms with Gasteiger partial charge in [0.25, 0.3) is 0 Å². The van der Waals surface area contributed by atoms with Gasteiger partial charge in [0, 0.05) is 34.5 Å². The first-order valence-electron chi connectivity index (χ1n) is 9.19. The number of rotatable bonds is 3. The molecule has 7 heteroatoms. The number of benzene rings is 1. The van der Waals surface area contributed by atoms with Gasteiger partial charge in [-0.1, -0.05) is 41.4 Å². The van der Waals surface area contributed by atoms with Gasteiger partial charge >= 0.3 is 5.97 Å². The molecule has 29 heavy (non-hydrogen) atoms. The van der Waals surface area contributed by atoms with Crippen LogP contribution in [0, 0.1) is 5.92 Å². The SMILES string of the molecule is COC(=O)C1=C(C)NC2=CC(c3cccs3)CC(=O)C2C1c1ccc(Cl)c(Cl)c1. The number of hydrogen-bond acceptors (Lipinski definition) is 5. The van der Waals surface area contributed by atoms with E-state index >= 15 is 0 Å². The third-order valence-corrected chi connectivity index (χ3v) is 7.22. The molecule has 0 saturated heterocycles. The zero-order chi connectivity index (χ0) is 20.7. The van der Waals surface area contributed by atoms with Crippen LogP contribution in [0.3, 0.4) is 0 Å². The maximum atomic E-state index is 13.3. The van der Waals surface area contributed by atoms with Crippen molar-refractivity contribution < 1.29 is 14.3 Å². The molecule has 0 saturated carbocycles. The molecule has 4 rings (SSSR count). The highest BCUT2D eigenvalue weighted by Crippen LogP contribution is 2.47. The van der Waals surface area contributed by atoms with Gasteiger partial charge in [-0.2, -0.15) is 0 Å². The minimum atomic E-state index is -0.499. The van der Waals surface area contributed by atoms with E-state index in [0.29, 0.717) is 27.7 Å². The highest BCUT2D eigenvalue weighted by Gasteiger charge is 2.45. The molecule has 1 aromatic heterocycles. The van der Waals surface area contributed by atoms with Crippen molar-refractivity contribution in [3.8, 4) is 0 Å². The van der Waals surface area contributed by atoms with E-state index in [0.717, 1.165) is 16.1 Å². The summed E-state index contributed by atoms with van der Waals surface area (Å²) in [5.74, 6) is -1.33. The summed E-state index contributed by atoms with van der Waals surface area (Å²) in [5.41, 5.74) is 2.70. The molecule has 4 nitrogen and oxygen atoms in total. The third kappa shape index (κ3) is 3.63. The first kappa shape index (κ1) is 20.2. The molecule has 1 N–H and O–H groups in total. The van der Waals surface area contributed by atoms with Crippen molar-refractivity contribution >= 4 is 46.3 Å². The van der Waals surface area contributed by atoms with Gasteiger partial charge in [0.2, 0.25) is 0 Å². The second-order valence-electron chi connectivity index (χ2n) is 7.20. The van der Waals surface area contributed by atoms with E-state index < -0.39 is 17.8 Å². The topological polar surface area (TPSA) is 55.4 Å². The van der Waals surface area contributed by atoms with E-state index in [2.05, 4.69) is 11.4 Å². The van der Waals surface area contributed by atoms with Crippen LogP contribution in [0.5, 0.6) is 0 Å². The fourth-order valence-electron chi connectivity index (χ4n) is 4.21. The van der Waals surface area contributed by atoms with Crippen molar-refractivity contribution in [2.75, 3.05) is 7.11 Å². The number of nitrogens with one attached hydrogen (secondary N) is 1. The summed E-state index contributed by atoms with van der Waals surface area (Å²) in [6.07, 6.45) is 2.50. The number of halogens is 2. The van der Waals surface area contributed by atoms with Crippen molar-refractivity contribution in [3.63, 3.8) is 0 Å². The predicted octanol–water partition coefficient (Wildman–Crippen LogP) is 5.45. The molecule has 1 aliphatic heterocycles. The van der Waals surface area contributed by atoms with E-state index in [1.54, 1.807) is 23.5 Å². The van der Waals surface area contributed by atoms with Crippen molar-refractivity contribution in [2.24, 2.45) is 5.92 Å². The summed E-state index contributed by atoms with van der Waals surface area (Å²) in [4.78, 5) is 27.1. The molecule has 0 fully saturated rings. The Morgan fingerprint density at radius 2 is 2.00 bits per heavy atom. The highest BCUT2D eigenvalue weighted by molar-refractivity contribution is 7.10. The van der Waals surface area contributed by atoms with Crippen LogP contribution in [0.25, 0.3) is 0 Å². The zero-order valence-corrected chi connectivity index (χ0v) is 18.2. The Balaban J connectivity index is 1.86. The molecule has 0 radical (unpaired) electrons. The number of allylic oxidation sites excluding steroid dienone is 3. The monoisotopic (exact) mass is 447 g/mol. The lowest BCUT2D eigenvalue weighted by atomic mass is 9.69. The predicted molar refractivity (Wildman–Crippen MR) is 115 cm³/mol. The van der Waals surface area contributed by atoms with Crippen LogP contribution in [0.2, 0.25) is 10.0 Å². The van der Waals surface area contributed by atoms with Crippen LogP contribution in [0.4, 0.5) is 0 Å². The van der Waals surface area contributed by atoms with Crippen molar-refractivity contribution in [1.82, 2.24) is 5.32 Å². The molecule has 2 aromatic rings. The molecule has 2 heterocycles. The lowest BCUT2D eigenvalue weighted by Gasteiger charge is -2.39. The number of thiophene rings is 1. The second-order valence-corrected chi connectivity index (χ2v) is 8.99. The molecule has 2 aliphatic rings. The van der Waals surface area contributed by atoms with E-state index in [1.807, 2.05) is 30.5 Å². The normalized spacial score (nSPS) is 23.9. The van der Waals surface area contributed by atoms with Gasteiger partial charge in [0.1, 0.15) is 5.78 Å². The van der Waals surface area contributed by atoms with Crippen LogP contribution in [-0.4, -0.2) is 18.9 Å². The average Bonchev–Trinajstić information content (AvgIpc) is 3.23. The number of Topliss-reactive ketones (excluding diaryl/α,β-unsaturated/α-hetero) is 1. The van der Waals surface area contributed by atoms with Crippen LogP contribution < -0.4 is 5.32 Å². The number of methoxy groups -OCH3 is 1. The Hall–Kier alpha value is -2.08. The Bertz CT molecular complexity index is 1040. The van der Waals surface area contributed by atoms with Gasteiger partial charge in [-0.3, -0.25) is 4.79 Å². The maximum absolute atomic E-state index is 13.3. The molecule has 1 aliphatic carbocycles. The van der Waals surface area contributed by atoms with Crippen LogP contribution in [0.1, 0.15) is 35.6 Å². The van der Waals surface area contributed by atoms with Gasteiger partial charge in [-0.15, -0.1) is 11.3 Å². The van der Waals surface area contributed by atoms with Gasteiger partial charge in [-0.05, 0) is 36.1 Å². The Morgan fingerprint density at radius 3 is 2.66 bits per heavy atom. The number of esters is 1. The van der Waals surface area contributed by atoms with E-state index in [1.165, 1.54) is 7.11 Å². The Kier molecular flexibility index (Phi) is 5.56. The lowest BCUT2D eigenvalue weighted by molar-refractivity contribution is -0.136. The molecular weight excluding hydrogens is 429 g/mol. The number of carbonyl (C=O) groups is 2. The summed E-state index contributed by atoms with van der Waals surface area (Å²) in [6.45, 7) is 1.83. The molecule has 0 amide bonds. The molecule has 3 atom stereocenters. The smallest absolute Gasteiger partial charge is 0.336 e. The molecule has 3 unspecified atom stereocenters. The molecule has 0 spiro atoms. The second kappa shape index (κ2) is 7.98. The number of ether oxygens (including phenoxy) is 1. The molecule has 1 aromatic carbocycles. The highest BCUT2D eigenvalue weighted by atomic mass is 35.5. The fourth-order valence-corrected chi connectivity index (χ4v) is 5.31. The minimum Gasteiger partial charge on any atom is -0.466 e. The zero-order valence-electron chi connectivity index (χ0n) is 15.9. The third-order valence-electron chi connectivity index (χ3n) is 5.48. The number of carbonyl (C=O) groups excluding carboxylic acids is 2. The average molecular weight is 448 g/mol. The number of ketones is 1. The lowest BCUT2D eigenvalue weighted by Crippen LogP contribution is -2.41. The van der Waals surface area contributed by atoms with Crippen molar-refractivity contribution in [1.29, 1.82) is 0 Å². The molecule has 150 valence electrons. The quantitative estimate of drug-likeness (QED) is 0.635. The van der Waals surface area contributed by atoms with Gasteiger partial charge in [-0.25, -0.2) is 4.79 Å². The Labute approximate surface area is 183 Å². The van der Waals surface area contributed by atoms with E-state index in [4.69, 9.17) is 27.9 Å². The van der Waals surface area contributed by atoms with Gasteiger partial charge < -0.3 is 10.1 Å². The summed E-state index contributed by atoms with van der Waals surface area (Å²) < 4.78 is 5.04. The minimum absolute atomic E-state index is 0.0307. The van der Waals surface area contributed by atoms with E-state index in [-0.39, 0.29) is 11.7 Å². The summed E-state index contributed by atoms with van der Waals surface area (Å²) >= 11 is 14.0. The summed E-state index contributed by atoms with van der Waals surface area (Å²) in [5, 5.41) is 6.12. The molecule has 0 bridgehead atoms. The van der Waals surface area contributed by atoms with Gasteiger partial charge in [0.15, 0.2) is 0 Å². The number of hydrogen-bond donors (Lipinski definition) is 1. The first-order chi connectivity index (χ1) is 13.9. The van der Waals surface area contributed by atoms with Crippen molar-refractivity contribution in [3.05, 3.63) is 79.2 Å². The number of fused-ring (bicyclic) bond motifs is 1. The summed E-state index contributed by atoms with van der Waals surface area (Å²) in [7, 11) is 1.34. The van der Waals surface area contributed by atoms with Crippen LogP contribution >= 0.6 is 34.5 Å². The standard InChI is InChI=1S/C22H19Cl2NO3S/c1-11-19(22(27)28-2)20(12-5-6-14(23)15(24)8-12)21-16(25-11)9-13(10-17(21)26)18-4-3-7-29-18/h3-9,13,20-21,25H,10H2,1-2H3.